The van der Waals surface area contributed by atoms with Crippen LogP contribution in [-0.4, -0.2) is 16.5 Å². The molecule has 0 atom stereocenters. The number of amidine groups is 1. The molecule has 0 bridgehead atoms. The monoisotopic (exact) mass is 685 g/mol. The van der Waals surface area contributed by atoms with E-state index in [4.69, 9.17) is 9.98 Å². The molecule has 1 aliphatic rings. The molecule has 5 heteroatoms. The molecule has 3 nitrogen and oxygen atoms in total. The van der Waals surface area contributed by atoms with Crippen LogP contribution >= 0.6 is 0 Å². The second-order valence-corrected chi connectivity index (χ2v) is 12.2. The highest BCUT2D eigenvalue weighted by molar-refractivity contribution is 6.42. The zero-order valence-corrected chi connectivity index (χ0v) is 28.3. The number of hydrogen-bond acceptors (Lipinski definition) is 1. The molecule has 0 unspecified atom stereocenters. The van der Waals surface area contributed by atoms with E-state index in [1.54, 1.807) is 24.3 Å². The number of nitrogens with one attached hydrogen (secondary N) is 1. The second kappa shape index (κ2) is 14.9. The molecule has 0 saturated carbocycles. The fourth-order valence-electron chi connectivity index (χ4n) is 6.18. The largest absolute Gasteiger partial charge is 0.338 e. The first-order valence-electron chi connectivity index (χ1n) is 17.1. The van der Waals surface area contributed by atoms with Gasteiger partial charge in [0.1, 0.15) is 17.5 Å². The third-order valence-corrected chi connectivity index (χ3v) is 8.71. The number of aromatic amines is 1. The molecular weight excluding hydrogens is 657 g/mol. The van der Waals surface area contributed by atoms with Gasteiger partial charge in [-0.25, -0.2) is 18.8 Å². The normalized spacial score (nSPS) is 12.9. The van der Waals surface area contributed by atoms with E-state index in [-0.39, 0.29) is 11.6 Å². The zero-order chi connectivity index (χ0) is 36.0. The number of allylic oxidation sites excluding steroid dienone is 1. The number of H-pyrrole nitrogens is 1. The van der Waals surface area contributed by atoms with E-state index in [1.807, 2.05) is 121 Å². The Labute approximate surface area is 306 Å². The highest BCUT2D eigenvalue weighted by atomic mass is 19.1. The number of benzene rings is 6. The van der Waals surface area contributed by atoms with Crippen LogP contribution in [0.25, 0.3) is 28.0 Å². The first kappa shape index (κ1) is 32.8. The van der Waals surface area contributed by atoms with E-state index in [9.17, 15) is 8.78 Å². The van der Waals surface area contributed by atoms with Gasteiger partial charge in [-0.05, 0) is 65.2 Å². The number of rotatable bonds is 5. The molecule has 1 aliphatic heterocycles. The van der Waals surface area contributed by atoms with Crippen molar-refractivity contribution in [1.29, 1.82) is 0 Å². The summed E-state index contributed by atoms with van der Waals surface area (Å²) in [7, 11) is 0. The Bertz CT molecular complexity index is 2630. The minimum atomic E-state index is -0.321. The average molecular weight is 686 g/mol. The van der Waals surface area contributed by atoms with Crippen molar-refractivity contribution in [2.24, 2.45) is 9.98 Å². The van der Waals surface area contributed by atoms with Gasteiger partial charge in [0.15, 0.2) is 5.84 Å². The number of aliphatic imine (C=N–C) groups is 2. The Kier molecular flexibility index (Phi) is 9.21. The molecular formula is C48H29F2N3. The predicted octanol–water partition coefficient (Wildman–Crippen LogP) is 11.1. The van der Waals surface area contributed by atoms with E-state index in [0.717, 1.165) is 44.6 Å². The number of nitrogens with zero attached hydrogens (tertiary/aromatic N) is 2. The lowest BCUT2D eigenvalue weighted by atomic mass is 9.95. The standard InChI is InChI=1S/C48H29F2N3/c49-39-27-21-33(22-28-39)25-31-41-43(35-13-5-1-6-14-35)47(51-45(41)37-17-9-3-10-18-37)53-48-44(36-15-7-2-8-16-36)42(32-26-34-23-29-40(50)30-24-34)46(52-48)38-19-11-4-12-20-38/h1-24,27-30,51H/b53-48-. The summed E-state index contributed by atoms with van der Waals surface area (Å²) in [5, 5.41) is 0. The predicted molar refractivity (Wildman–Crippen MR) is 211 cm³/mol. The summed E-state index contributed by atoms with van der Waals surface area (Å²) in [4.78, 5) is 14.2. The van der Waals surface area contributed by atoms with Crippen LogP contribution in [0.5, 0.6) is 0 Å². The summed E-state index contributed by atoms with van der Waals surface area (Å²) in [6.45, 7) is 0. The summed E-state index contributed by atoms with van der Waals surface area (Å²) in [5.74, 6) is 13.7. The highest BCUT2D eigenvalue weighted by Gasteiger charge is 2.28. The number of halogens is 2. The van der Waals surface area contributed by atoms with Crippen molar-refractivity contribution in [3.63, 3.8) is 0 Å². The van der Waals surface area contributed by atoms with Crippen LogP contribution in [0.15, 0.2) is 185 Å². The summed E-state index contributed by atoms with van der Waals surface area (Å²) < 4.78 is 27.6. The average Bonchev–Trinajstić information content (AvgIpc) is 3.76. The van der Waals surface area contributed by atoms with Crippen LogP contribution in [0.3, 0.4) is 0 Å². The van der Waals surface area contributed by atoms with Crippen molar-refractivity contribution in [1.82, 2.24) is 4.98 Å². The third kappa shape index (κ3) is 7.14. The van der Waals surface area contributed by atoms with Crippen molar-refractivity contribution in [3.05, 3.63) is 215 Å². The second-order valence-electron chi connectivity index (χ2n) is 12.2. The number of hydrogen-bond donors (Lipinski definition) is 1. The van der Waals surface area contributed by atoms with E-state index in [2.05, 4.69) is 28.7 Å². The van der Waals surface area contributed by atoms with E-state index < -0.39 is 0 Å². The molecule has 0 saturated heterocycles. The summed E-state index contributed by atoms with van der Waals surface area (Å²) >= 11 is 0. The molecule has 1 aromatic heterocycles. The van der Waals surface area contributed by atoms with Gasteiger partial charge in [0.25, 0.3) is 0 Å². The van der Waals surface area contributed by atoms with Gasteiger partial charge >= 0.3 is 0 Å². The van der Waals surface area contributed by atoms with Crippen LogP contribution in [0.4, 0.5) is 14.6 Å². The van der Waals surface area contributed by atoms with Crippen molar-refractivity contribution in [2.75, 3.05) is 0 Å². The minimum Gasteiger partial charge on any atom is -0.338 e. The Morgan fingerprint density at radius 2 is 0.943 bits per heavy atom. The summed E-state index contributed by atoms with van der Waals surface area (Å²) in [5.41, 5.74) is 9.52. The maximum Gasteiger partial charge on any atom is 0.164 e. The molecule has 0 fully saturated rings. The van der Waals surface area contributed by atoms with Crippen LogP contribution in [0.2, 0.25) is 0 Å². The van der Waals surface area contributed by atoms with E-state index >= 15 is 0 Å². The van der Waals surface area contributed by atoms with Gasteiger partial charge in [-0.2, -0.15) is 0 Å². The molecule has 0 amide bonds. The Morgan fingerprint density at radius 1 is 0.472 bits per heavy atom. The topological polar surface area (TPSA) is 40.5 Å². The van der Waals surface area contributed by atoms with Crippen molar-refractivity contribution < 1.29 is 8.78 Å². The molecule has 7 aromatic rings. The maximum atomic E-state index is 13.8. The first-order chi connectivity index (χ1) is 26.1. The van der Waals surface area contributed by atoms with Gasteiger partial charge < -0.3 is 4.98 Å². The molecule has 53 heavy (non-hydrogen) atoms. The molecule has 0 spiro atoms. The first-order valence-corrected chi connectivity index (χ1v) is 17.1. The van der Waals surface area contributed by atoms with Gasteiger partial charge in [0.05, 0.1) is 22.5 Å². The smallest absolute Gasteiger partial charge is 0.164 e. The van der Waals surface area contributed by atoms with Crippen molar-refractivity contribution >= 4 is 22.9 Å². The van der Waals surface area contributed by atoms with Gasteiger partial charge in [-0.3, -0.25) is 0 Å². The van der Waals surface area contributed by atoms with E-state index in [1.165, 1.54) is 24.3 Å². The molecule has 0 aliphatic carbocycles. The van der Waals surface area contributed by atoms with Gasteiger partial charge in [-0.1, -0.05) is 145 Å². The summed E-state index contributed by atoms with van der Waals surface area (Å²) in [6.07, 6.45) is 0. The van der Waals surface area contributed by atoms with Crippen LogP contribution < -0.4 is 0 Å². The molecule has 6 aromatic carbocycles. The zero-order valence-electron chi connectivity index (χ0n) is 28.3. The fourth-order valence-corrected chi connectivity index (χ4v) is 6.18. The number of aromatic nitrogens is 1. The summed E-state index contributed by atoms with van der Waals surface area (Å²) in [6, 6.07) is 52.2. The molecule has 1 N–H and O–H groups in total. The lowest BCUT2D eigenvalue weighted by Crippen LogP contribution is -2.01. The fraction of sp³-hybridized carbons (Fsp3) is 0. The van der Waals surface area contributed by atoms with Crippen LogP contribution in [0.1, 0.15) is 27.8 Å². The lowest BCUT2D eigenvalue weighted by molar-refractivity contribution is 0.627. The SMILES string of the molecule is Fc1ccc(C#CC2=C(c3ccccc3)/C(=N/c3[nH]c(-c4ccccc4)c(C#Cc4ccc(F)cc4)c3-c3ccccc3)N=C2c2ccccc2)cc1. The van der Waals surface area contributed by atoms with E-state index in [0.29, 0.717) is 34.1 Å². The van der Waals surface area contributed by atoms with Crippen LogP contribution in [-0.2, 0) is 0 Å². The Morgan fingerprint density at radius 3 is 1.49 bits per heavy atom. The third-order valence-electron chi connectivity index (χ3n) is 8.71. The van der Waals surface area contributed by atoms with Crippen LogP contribution in [0, 0.1) is 35.3 Å². The minimum absolute atomic E-state index is 0.318. The highest BCUT2D eigenvalue weighted by Crippen LogP contribution is 2.41. The Balaban J connectivity index is 1.40. The molecule has 250 valence electrons. The maximum absolute atomic E-state index is 13.8. The van der Waals surface area contributed by atoms with Gasteiger partial charge in [0.2, 0.25) is 0 Å². The van der Waals surface area contributed by atoms with Gasteiger partial charge in [-0.15, -0.1) is 0 Å². The van der Waals surface area contributed by atoms with Crippen molar-refractivity contribution in [2.45, 2.75) is 0 Å². The lowest BCUT2D eigenvalue weighted by Gasteiger charge is -2.07. The molecule has 8 rings (SSSR count). The molecule has 0 radical (unpaired) electrons. The van der Waals surface area contributed by atoms with Gasteiger partial charge in [0, 0.05) is 27.8 Å². The Hall–Kier alpha value is -7.34. The quantitative estimate of drug-likeness (QED) is 0.175. The molecule has 2 heterocycles. The van der Waals surface area contributed by atoms with Crippen molar-refractivity contribution in [3.8, 4) is 46.1 Å².